The van der Waals surface area contributed by atoms with Crippen LogP contribution in [-0.4, -0.2) is 22.9 Å². The molecule has 0 aromatic heterocycles. The van der Waals surface area contributed by atoms with Gasteiger partial charge in [-0.3, -0.25) is 0 Å². The van der Waals surface area contributed by atoms with Crippen molar-refractivity contribution in [3.8, 4) is 0 Å². The second-order valence-corrected chi connectivity index (χ2v) is 4.25. The quantitative estimate of drug-likeness (QED) is 0.661. The number of carbonyl (C=O) groups excluding carboxylic acids is 1. The van der Waals surface area contributed by atoms with Gasteiger partial charge in [0, 0.05) is 6.42 Å². The van der Waals surface area contributed by atoms with E-state index in [0.717, 1.165) is 17.2 Å². The fraction of sp³-hybridized carbons (Fsp3) is 0.214. The zero-order valence-electron chi connectivity index (χ0n) is 10.4. The highest BCUT2D eigenvalue weighted by molar-refractivity contribution is 6.07. The fourth-order valence-electron chi connectivity index (χ4n) is 1.80. The van der Waals surface area contributed by atoms with Crippen molar-refractivity contribution in [3.63, 3.8) is 0 Å². The van der Waals surface area contributed by atoms with Crippen LogP contribution in [0, 0.1) is 6.92 Å². The molecule has 0 spiro atoms. The molecule has 1 aliphatic heterocycles. The summed E-state index contributed by atoms with van der Waals surface area (Å²) in [6.07, 6.45) is 1.91. The molecule has 1 heterocycles. The molecule has 1 aromatic rings. The topological polar surface area (TPSA) is 76.0 Å². The number of benzene rings is 1. The first-order valence-corrected chi connectivity index (χ1v) is 5.84. The second-order valence-electron chi connectivity index (χ2n) is 4.25. The van der Waals surface area contributed by atoms with Crippen LogP contribution in [0.2, 0.25) is 0 Å². The molecule has 1 N–H and O–H groups in total. The lowest BCUT2D eigenvalue weighted by Gasteiger charge is -2.01. The van der Waals surface area contributed by atoms with Gasteiger partial charge in [-0.15, -0.1) is 0 Å². The van der Waals surface area contributed by atoms with Gasteiger partial charge in [0.05, 0.1) is 6.08 Å². The van der Waals surface area contributed by atoms with Gasteiger partial charge in [-0.05, 0) is 18.9 Å². The van der Waals surface area contributed by atoms with Gasteiger partial charge >= 0.3 is 11.9 Å². The number of esters is 1. The van der Waals surface area contributed by atoms with Crippen molar-refractivity contribution in [2.45, 2.75) is 19.8 Å². The Labute approximate surface area is 110 Å². The van der Waals surface area contributed by atoms with E-state index in [1.54, 1.807) is 0 Å². The maximum Gasteiger partial charge on any atom is 0.363 e. The van der Waals surface area contributed by atoms with Crippen LogP contribution in [0.1, 0.15) is 17.5 Å². The van der Waals surface area contributed by atoms with Crippen LogP contribution in [0.15, 0.2) is 41.0 Å². The lowest BCUT2D eigenvalue weighted by molar-refractivity contribution is -0.133. The highest BCUT2D eigenvalue weighted by Crippen LogP contribution is 2.15. The number of hydrogen-bond acceptors (Lipinski definition) is 4. The van der Waals surface area contributed by atoms with E-state index in [9.17, 15) is 9.59 Å². The summed E-state index contributed by atoms with van der Waals surface area (Å²) in [7, 11) is 0. The van der Waals surface area contributed by atoms with E-state index in [1.807, 2.05) is 31.2 Å². The predicted octanol–water partition coefficient (Wildman–Crippen LogP) is 1.85. The molecule has 0 saturated heterocycles. The molecule has 0 radical (unpaired) electrons. The van der Waals surface area contributed by atoms with Crippen LogP contribution >= 0.6 is 0 Å². The van der Waals surface area contributed by atoms with Gasteiger partial charge in [0.15, 0.2) is 11.6 Å². The summed E-state index contributed by atoms with van der Waals surface area (Å²) in [6, 6.07) is 8.00. The minimum absolute atomic E-state index is 0.160. The molecule has 19 heavy (non-hydrogen) atoms. The van der Waals surface area contributed by atoms with E-state index >= 15 is 0 Å². The largest absolute Gasteiger partial charge is 0.478 e. The summed E-state index contributed by atoms with van der Waals surface area (Å²) < 4.78 is 4.91. The maximum absolute atomic E-state index is 11.3. The highest BCUT2D eigenvalue weighted by atomic mass is 16.6. The van der Waals surface area contributed by atoms with E-state index in [4.69, 9.17) is 9.84 Å². The van der Waals surface area contributed by atoms with Crippen molar-refractivity contribution in [1.82, 2.24) is 0 Å². The number of hydrogen-bond donors (Lipinski definition) is 1. The normalized spacial score (nSPS) is 16.4. The Morgan fingerprint density at radius 2 is 2.21 bits per heavy atom. The van der Waals surface area contributed by atoms with Gasteiger partial charge in [0.25, 0.3) is 0 Å². The number of carboxylic acids is 1. The average molecular weight is 259 g/mol. The summed E-state index contributed by atoms with van der Waals surface area (Å²) in [6.45, 7) is 2.00. The van der Waals surface area contributed by atoms with E-state index in [1.165, 1.54) is 0 Å². The van der Waals surface area contributed by atoms with Crippen molar-refractivity contribution in [1.29, 1.82) is 0 Å². The Bertz CT molecular complexity index is 587. The summed E-state index contributed by atoms with van der Waals surface area (Å²) in [5.74, 6) is -1.66. The van der Waals surface area contributed by atoms with Crippen LogP contribution < -0.4 is 0 Å². The number of ether oxygens (including phenoxy) is 1. The lowest BCUT2D eigenvalue weighted by Crippen LogP contribution is -2.05. The summed E-state index contributed by atoms with van der Waals surface area (Å²) >= 11 is 0. The molecule has 1 aliphatic rings. The van der Waals surface area contributed by atoms with Gasteiger partial charge in [-0.25, -0.2) is 14.6 Å². The summed E-state index contributed by atoms with van der Waals surface area (Å²) in [5.41, 5.74) is 2.12. The SMILES string of the molecule is Cc1cccc(CCC2=N/C(=C/C(=O)O)C(=O)O2)c1. The van der Waals surface area contributed by atoms with Crippen molar-refractivity contribution >= 4 is 17.8 Å². The highest BCUT2D eigenvalue weighted by Gasteiger charge is 2.23. The summed E-state index contributed by atoms with van der Waals surface area (Å²) in [5, 5.41) is 8.56. The van der Waals surface area contributed by atoms with Crippen molar-refractivity contribution in [2.24, 2.45) is 4.99 Å². The van der Waals surface area contributed by atoms with Gasteiger partial charge in [0.2, 0.25) is 0 Å². The molecule has 0 aliphatic carbocycles. The monoisotopic (exact) mass is 259 g/mol. The molecule has 0 atom stereocenters. The zero-order valence-corrected chi connectivity index (χ0v) is 10.4. The Kier molecular flexibility index (Phi) is 3.75. The Balaban J connectivity index is 2.01. The lowest BCUT2D eigenvalue weighted by atomic mass is 10.1. The third-order valence-electron chi connectivity index (χ3n) is 2.64. The van der Waals surface area contributed by atoms with Gasteiger partial charge in [-0.2, -0.15) is 0 Å². The standard InChI is InChI=1S/C14H13NO4/c1-9-3-2-4-10(7-9)5-6-12-15-11(8-13(16)17)14(18)19-12/h2-4,7-8H,5-6H2,1H3,(H,16,17)/b11-8+. The number of cyclic esters (lactones) is 1. The molecule has 0 amide bonds. The number of carbonyl (C=O) groups is 2. The molecule has 0 bridgehead atoms. The van der Waals surface area contributed by atoms with Crippen LogP contribution in [0.3, 0.4) is 0 Å². The van der Waals surface area contributed by atoms with E-state index in [0.29, 0.717) is 12.8 Å². The number of rotatable bonds is 4. The van der Waals surface area contributed by atoms with Crippen molar-refractivity contribution < 1.29 is 19.4 Å². The minimum atomic E-state index is -1.21. The molecular weight excluding hydrogens is 246 g/mol. The van der Waals surface area contributed by atoms with E-state index in [2.05, 4.69) is 4.99 Å². The molecule has 5 nitrogen and oxygen atoms in total. The van der Waals surface area contributed by atoms with Crippen LogP contribution in [0.5, 0.6) is 0 Å². The third kappa shape index (κ3) is 3.51. The number of nitrogens with zero attached hydrogens (tertiary/aromatic N) is 1. The number of carboxylic acid groups (broad SMARTS) is 1. The number of aliphatic carboxylic acids is 1. The molecule has 2 rings (SSSR count). The molecule has 0 fully saturated rings. The molecule has 0 unspecified atom stereocenters. The van der Waals surface area contributed by atoms with E-state index < -0.39 is 11.9 Å². The van der Waals surface area contributed by atoms with Gasteiger partial charge in [0.1, 0.15) is 0 Å². The average Bonchev–Trinajstić information content (AvgIpc) is 2.67. The zero-order chi connectivity index (χ0) is 13.8. The molecule has 98 valence electrons. The molecule has 5 heteroatoms. The number of aryl methyl sites for hydroxylation is 2. The van der Waals surface area contributed by atoms with E-state index in [-0.39, 0.29) is 11.6 Å². The van der Waals surface area contributed by atoms with Crippen LogP contribution in [-0.2, 0) is 20.7 Å². The van der Waals surface area contributed by atoms with Gasteiger partial charge in [-0.1, -0.05) is 29.8 Å². The molecule has 0 saturated carbocycles. The van der Waals surface area contributed by atoms with Crippen LogP contribution in [0.25, 0.3) is 0 Å². The Morgan fingerprint density at radius 1 is 1.42 bits per heavy atom. The molecule has 1 aromatic carbocycles. The first kappa shape index (κ1) is 13.0. The second kappa shape index (κ2) is 5.48. The Hall–Kier alpha value is -2.43. The fourth-order valence-corrected chi connectivity index (χ4v) is 1.80. The smallest absolute Gasteiger partial charge is 0.363 e. The summed E-state index contributed by atoms with van der Waals surface area (Å²) in [4.78, 5) is 25.7. The first-order chi connectivity index (χ1) is 9.04. The third-order valence-corrected chi connectivity index (χ3v) is 2.64. The minimum Gasteiger partial charge on any atom is -0.478 e. The van der Waals surface area contributed by atoms with Crippen LogP contribution in [0.4, 0.5) is 0 Å². The van der Waals surface area contributed by atoms with Gasteiger partial charge < -0.3 is 9.84 Å². The van der Waals surface area contributed by atoms with Crippen molar-refractivity contribution in [2.75, 3.05) is 0 Å². The molecular formula is C14H13NO4. The first-order valence-electron chi connectivity index (χ1n) is 5.84. The Morgan fingerprint density at radius 3 is 2.89 bits per heavy atom. The number of aliphatic imine (C=N–C) groups is 1. The maximum atomic E-state index is 11.3. The predicted molar refractivity (Wildman–Crippen MR) is 68.7 cm³/mol. The van der Waals surface area contributed by atoms with Crippen molar-refractivity contribution in [3.05, 3.63) is 47.2 Å².